The third kappa shape index (κ3) is 5.10. The first kappa shape index (κ1) is 18.6. The second kappa shape index (κ2) is 8.91. The van der Waals surface area contributed by atoms with Crippen LogP contribution in [0.25, 0.3) is 0 Å². The van der Waals surface area contributed by atoms with E-state index in [0.717, 1.165) is 6.42 Å². The summed E-state index contributed by atoms with van der Waals surface area (Å²) in [6.07, 6.45) is 8.34. The predicted octanol–water partition coefficient (Wildman–Crippen LogP) is 6.65. The van der Waals surface area contributed by atoms with Crippen LogP contribution in [-0.4, -0.2) is 14.4 Å². The van der Waals surface area contributed by atoms with Crippen molar-refractivity contribution >= 4 is 20.1 Å². The maximum Gasteiger partial charge on any atom is 0.192 e. The van der Waals surface area contributed by atoms with Crippen molar-refractivity contribution in [2.24, 2.45) is 5.92 Å². The molecule has 1 aliphatic carbocycles. The molecule has 1 aromatic carbocycles. The Hall–Kier alpha value is -0.773. The van der Waals surface area contributed by atoms with E-state index in [0.29, 0.717) is 12.0 Å². The highest BCUT2D eigenvalue weighted by molar-refractivity contribution is 8.03. The van der Waals surface area contributed by atoms with Gasteiger partial charge in [0.25, 0.3) is 0 Å². The molecule has 0 radical (unpaired) electrons. The minimum atomic E-state index is -1.54. The lowest BCUT2D eigenvalue weighted by atomic mass is 10.0. The van der Waals surface area contributed by atoms with Gasteiger partial charge in [-0.3, -0.25) is 0 Å². The largest absolute Gasteiger partial charge is 0.413 e. The molecule has 0 bridgehead atoms. The summed E-state index contributed by atoms with van der Waals surface area (Å²) in [6.45, 7) is 9.22. The zero-order chi connectivity index (χ0) is 16.7. The summed E-state index contributed by atoms with van der Waals surface area (Å²) in [4.78, 5) is 2.64. The molecule has 0 N–H and O–H groups in total. The maximum atomic E-state index is 6.75. The molecule has 2 rings (SSSR count). The molecule has 0 aliphatic heterocycles. The zero-order valence-electron chi connectivity index (χ0n) is 14.9. The molecule has 0 heterocycles. The number of benzene rings is 1. The molecule has 0 saturated carbocycles. The van der Waals surface area contributed by atoms with E-state index in [1.165, 1.54) is 27.9 Å². The summed E-state index contributed by atoms with van der Waals surface area (Å²) >= 11 is 1.85. The van der Waals surface area contributed by atoms with Crippen LogP contribution in [0, 0.1) is 5.92 Å². The standard InChI is InChI=1S/C20H30OSSi/c1-5-23(6-2,7-3)21-20-16-15-19(14-13-17(20)4)22-18-11-9-8-10-12-18/h8-15,17,20H,5-7,16H2,1-4H3/t17-,20-/m1/s1. The van der Waals surface area contributed by atoms with Crippen molar-refractivity contribution in [1.29, 1.82) is 0 Å². The summed E-state index contributed by atoms with van der Waals surface area (Å²) in [5.41, 5.74) is 0. The lowest BCUT2D eigenvalue weighted by molar-refractivity contribution is 0.154. The Balaban J connectivity index is 2.07. The zero-order valence-corrected chi connectivity index (χ0v) is 16.7. The molecular formula is C20H30OSSi. The van der Waals surface area contributed by atoms with Crippen LogP contribution in [0.15, 0.2) is 58.4 Å². The third-order valence-corrected chi connectivity index (χ3v) is 10.7. The van der Waals surface area contributed by atoms with Crippen LogP contribution in [0.4, 0.5) is 0 Å². The smallest absolute Gasteiger partial charge is 0.192 e. The Morgan fingerprint density at radius 2 is 1.74 bits per heavy atom. The molecule has 1 aliphatic rings. The molecule has 0 aromatic heterocycles. The number of rotatable bonds is 7. The lowest BCUT2D eigenvalue weighted by Crippen LogP contribution is -2.41. The van der Waals surface area contributed by atoms with E-state index in [1.807, 2.05) is 11.8 Å². The first-order chi connectivity index (χ1) is 11.1. The minimum absolute atomic E-state index is 0.339. The summed E-state index contributed by atoms with van der Waals surface area (Å²) in [5.74, 6) is 0.483. The summed E-state index contributed by atoms with van der Waals surface area (Å²) in [6, 6.07) is 14.3. The molecule has 0 spiro atoms. The fraction of sp³-hybridized carbons (Fsp3) is 0.500. The van der Waals surface area contributed by atoms with Gasteiger partial charge >= 0.3 is 0 Å². The second-order valence-corrected chi connectivity index (χ2v) is 12.2. The van der Waals surface area contributed by atoms with Gasteiger partial charge in [0.15, 0.2) is 8.32 Å². The van der Waals surface area contributed by atoms with Crippen molar-refractivity contribution < 1.29 is 4.43 Å². The molecule has 0 amide bonds. The maximum absolute atomic E-state index is 6.75. The average Bonchev–Trinajstić information content (AvgIpc) is 2.76. The van der Waals surface area contributed by atoms with E-state index in [9.17, 15) is 0 Å². The Morgan fingerprint density at radius 3 is 2.35 bits per heavy atom. The van der Waals surface area contributed by atoms with Gasteiger partial charge in [-0.05, 0) is 42.6 Å². The van der Waals surface area contributed by atoms with Crippen LogP contribution in [-0.2, 0) is 4.43 Å². The van der Waals surface area contributed by atoms with Crippen LogP contribution in [0.5, 0.6) is 0 Å². The number of hydrogen-bond donors (Lipinski definition) is 0. The van der Waals surface area contributed by atoms with Crippen molar-refractivity contribution in [2.75, 3.05) is 0 Å². The van der Waals surface area contributed by atoms with Crippen molar-refractivity contribution in [3.05, 3.63) is 53.5 Å². The fourth-order valence-electron chi connectivity index (χ4n) is 3.06. The molecule has 23 heavy (non-hydrogen) atoms. The lowest BCUT2D eigenvalue weighted by Gasteiger charge is -2.34. The Morgan fingerprint density at radius 1 is 1.09 bits per heavy atom. The predicted molar refractivity (Wildman–Crippen MR) is 105 cm³/mol. The van der Waals surface area contributed by atoms with E-state index >= 15 is 0 Å². The Kier molecular flexibility index (Phi) is 7.19. The molecule has 2 atom stereocenters. The average molecular weight is 347 g/mol. The number of allylic oxidation sites excluding steroid dienone is 1. The molecule has 1 nitrogen and oxygen atoms in total. The fourth-order valence-corrected chi connectivity index (χ4v) is 6.91. The SMILES string of the molecule is CC[Si](CC)(CC)O[C@@H]1CC=C(Sc2ccccc2)C=C[C@H]1C. The molecular weight excluding hydrogens is 316 g/mol. The summed E-state index contributed by atoms with van der Waals surface area (Å²) in [5, 5.41) is 0. The van der Waals surface area contributed by atoms with E-state index < -0.39 is 8.32 Å². The van der Waals surface area contributed by atoms with Gasteiger partial charge < -0.3 is 4.43 Å². The van der Waals surface area contributed by atoms with Crippen molar-refractivity contribution in [3.63, 3.8) is 0 Å². The summed E-state index contributed by atoms with van der Waals surface area (Å²) in [7, 11) is -1.54. The van der Waals surface area contributed by atoms with Crippen molar-refractivity contribution in [3.8, 4) is 0 Å². The van der Waals surface area contributed by atoms with Crippen LogP contribution >= 0.6 is 11.8 Å². The van der Waals surface area contributed by atoms with Gasteiger partial charge in [-0.15, -0.1) is 0 Å². The van der Waals surface area contributed by atoms with Crippen LogP contribution in [0.1, 0.15) is 34.1 Å². The normalized spacial score (nSPS) is 21.8. The monoisotopic (exact) mass is 346 g/mol. The van der Waals surface area contributed by atoms with E-state index in [4.69, 9.17) is 4.43 Å². The van der Waals surface area contributed by atoms with Gasteiger partial charge in [-0.25, -0.2) is 0 Å². The molecule has 3 heteroatoms. The van der Waals surface area contributed by atoms with Gasteiger partial charge in [0.2, 0.25) is 0 Å². The van der Waals surface area contributed by atoms with Crippen LogP contribution in [0.3, 0.4) is 0 Å². The molecule has 1 aromatic rings. The van der Waals surface area contributed by atoms with E-state index in [-0.39, 0.29) is 0 Å². The van der Waals surface area contributed by atoms with Crippen LogP contribution < -0.4 is 0 Å². The van der Waals surface area contributed by atoms with E-state index in [2.05, 4.69) is 76.3 Å². The van der Waals surface area contributed by atoms with Gasteiger partial charge in [-0.1, -0.05) is 75.9 Å². The van der Waals surface area contributed by atoms with Gasteiger partial charge in [0, 0.05) is 9.80 Å². The number of hydrogen-bond acceptors (Lipinski definition) is 2. The highest BCUT2D eigenvalue weighted by Crippen LogP contribution is 2.33. The molecule has 0 fully saturated rings. The van der Waals surface area contributed by atoms with Crippen molar-refractivity contribution in [2.45, 2.75) is 63.2 Å². The highest BCUT2D eigenvalue weighted by Gasteiger charge is 2.33. The van der Waals surface area contributed by atoms with Gasteiger partial charge in [0.05, 0.1) is 6.10 Å². The van der Waals surface area contributed by atoms with Crippen LogP contribution in [0.2, 0.25) is 18.1 Å². The Labute approximate surface area is 147 Å². The molecule has 0 saturated heterocycles. The first-order valence-electron chi connectivity index (χ1n) is 8.91. The quantitative estimate of drug-likeness (QED) is 0.511. The first-order valence-corrected chi connectivity index (χ1v) is 12.3. The Bertz CT molecular complexity index is 526. The van der Waals surface area contributed by atoms with E-state index in [1.54, 1.807) is 0 Å². The number of thioether (sulfide) groups is 1. The molecule has 0 unspecified atom stereocenters. The minimum Gasteiger partial charge on any atom is -0.413 e. The van der Waals surface area contributed by atoms with Gasteiger partial charge in [-0.2, -0.15) is 0 Å². The third-order valence-electron chi connectivity index (χ3n) is 5.02. The van der Waals surface area contributed by atoms with Gasteiger partial charge in [0.1, 0.15) is 0 Å². The topological polar surface area (TPSA) is 9.23 Å². The van der Waals surface area contributed by atoms with Crippen molar-refractivity contribution in [1.82, 2.24) is 0 Å². The highest BCUT2D eigenvalue weighted by atomic mass is 32.2. The second-order valence-electron chi connectivity index (χ2n) is 6.38. The summed E-state index contributed by atoms with van der Waals surface area (Å²) < 4.78 is 6.75. The molecule has 126 valence electrons.